The molecule has 136 valence electrons. The minimum absolute atomic E-state index is 0.151. The third kappa shape index (κ3) is 2.97. The molecule has 0 bridgehead atoms. The zero-order chi connectivity index (χ0) is 19.2. The Morgan fingerprint density at radius 3 is 2.67 bits per heavy atom. The van der Waals surface area contributed by atoms with E-state index in [0.717, 1.165) is 6.42 Å². The molecule has 1 heteroatoms. The molecule has 2 aromatic carbocycles. The summed E-state index contributed by atoms with van der Waals surface area (Å²) in [5.41, 5.74) is 9.57. The molecule has 0 amide bonds. The molecule has 1 atom stereocenters. The van der Waals surface area contributed by atoms with Gasteiger partial charge in [-0.1, -0.05) is 81.1 Å². The number of hydrogen-bond acceptors (Lipinski definition) is 0. The van der Waals surface area contributed by atoms with E-state index in [2.05, 4.69) is 111 Å². The molecule has 0 saturated heterocycles. The average Bonchev–Trinajstić information content (AvgIpc) is 2.89. The van der Waals surface area contributed by atoms with Crippen LogP contribution in [0.3, 0.4) is 0 Å². The first-order chi connectivity index (χ1) is 13.0. The Balaban J connectivity index is 1.90. The minimum atomic E-state index is 0.151. The fourth-order valence-corrected chi connectivity index (χ4v) is 5.26. The van der Waals surface area contributed by atoms with E-state index in [1.54, 1.807) is 0 Å². The molecule has 0 saturated carbocycles. The van der Waals surface area contributed by atoms with Crippen LogP contribution in [0.5, 0.6) is 0 Å². The lowest BCUT2D eigenvalue weighted by Crippen LogP contribution is -2.24. The number of halogens is 1. The summed E-state index contributed by atoms with van der Waals surface area (Å²) in [5, 5.41) is 0. The van der Waals surface area contributed by atoms with Crippen molar-refractivity contribution in [2.45, 2.75) is 32.6 Å². The fraction of sp³-hybridized carbons (Fsp3) is 0.231. The van der Waals surface area contributed by atoms with E-state index in [-0.39, 0.29) is 5.41 Å². The second kappa shape index (κ2) is 6.94. The van der Waals surface area contributed by atoms with Crippen molar-refractivity contribution in [3.8, 4) is 11.1 Å². The van der Waals surface area contributed by atoms with Crippen molar-refractivity contribution in [3.05, 3.63) is 87.0 Å². The Labute approximate surface area is 176 Å². The van der Waals surface area contributed by atoms with Gasteiger partial charge in [0.1, 0.15) is 0 Å². The zero-order valence-electron chi connectivity index (χ0n) is 16.2. The van der Waals surface area contributed by atoms with E-state index in [9.17, 15) is 0 Å². The molecule has 0 spiro atoms. The highest BCUT2D eigenvalue weighted by Gasteiger charge is 2.43. The van der Waals surface area contributed by atoms with E-state index in [4.69, 9.17) is 0 Å². The molecule has 27 heavy (non-hydrogen) atoms. The van der Waals surface area contributed by atoms with Crippen LogP contribution in [0.15, 0.2) is 64.8 Å². The lowest BCUT2D eigenvalue weighted by atomic mass is 9.74. The monoisotopic (exact) mass is 464 g/mol. The van der Waals surface area contributed by atoms with Gasteiger partial charge < -0.3 is 0 Å². The van der Waals surface area contributed by atoms with Gasteiger partial charge in [-0.2, -0.15) is 0 Å². The van der Waals surface area contributed by atoms with E-state index in [0.29, 0.717) is 5.92 Å². The fourth-order valence-electron chi connectivity index (χ4n) is 4.64. The zero-order valence-corrected chi connectivity index (χ0v) is 18.4. The van der Waals surface area contributed by atoms with Gasteiger partial charge in [0.25, 0.3) is 0 Å². The van der Waals surface area contributed by atoms with Crippen molar-refractivity contribution in [3.63, 3.8) is 0 Å². The van der Waals surface area contributed by atoms with Crippen LogP contribution >= 0.6 is 22.6 Å². The Kier molecular flexibility index (Phi) is 4.75. The maximum absolute atomic E-state index is 4.00. The molecule has 0 aromatic heterocycles. The highest BCUT2D eigenvalue weighted by Crippen LogP contribution is 2.55. The molecule has 2 aliphatic rings. The molecule has 0 heterocycles. The SMILES string of the molecule is C=Cc1cccc(-c2ccc3c(c2)C(C)(C)C2CC(I)=CC=C32)c1/C=C\C. The average molecular weight is 464 g/mol. The first-order valence-corrected chi connectivity index (χ1v) is 10.6. The van der Waals surface area contributed by atoms with E-state index in [1.165, 1.54) is 42.5 Å². The highest BCUT2D eigenvalue weighted by molar-refractivity contribution is 14.1. The maximum Gasteiger partial charge on any atom is -0.00189 e. The Morgan fingerprint density at radius 2 is 1.93 bits per heavy atom. The van der Waals surface area contributed by atoms with Crippen LogP contribution in [0.2, 0.25) is 0 Å². The molecule has 2 aliphatic carbocycles. The van der Waals surface area contributed by atoms with Crippen LogP contribution in [-0.2, 0) is 5.41 Å². The number of hydrogen-bond donors (Lipinski definition) is 0. The van der Waals surface area contributed by atoms with Crippen LogP contribution < -0.4 is 0 Å². The van der Waals surface area contributed by atoms with Gasteiger partial charge in [-0.15, -0.1) is 0 Å². The molecule has 2 aromatic rings. The van der Waals surface area contributed by atoms with Crippen LogP contribution in [0.4, 0.5) is 0 Å². The molecular weight excluding hydrogens is 439 g/mol. The summed E-state index contributed by atoms with van der Waals surface area (Å²) in [5.74, 6) is 0.578. The highest BCUT2D eigenvalue weighted by atomic mass is 127. The number of benzene rings is 2. The molecular formula is C26H25I. The predicted molar refractivity (Wildman–Crippen MR) is 128 cm³/mol. The normalized spacial score (nSPS) is 20.1. The van der Waals surface area contributed by atoms with Gasteiger partial charge in [0.2, 0.25) is 0 Å². The minimum Gasteiger partial charge on any atom is -0.0984 e. The first kappa shape index (κ1) is 18.5. The van der Waals surface area contributed by atoms with Gasteiger partial charge in [0, 0.05) is 0 Å². The standard InChI is InChI=1S/C26H25I/c1-5-8-20-17(6-2)9-7-10-21(20)18-11-13-22-23-14-12-19(27)16-25(23)26(3,4)24(22)15-18/h5-15,25H,2,16H2,1,3-4H3/b8-5-. The summed E-state index contributed by atoms with van der Waals surface area (Å²) >= 11 is 2.49. The summed E-state index contributed by atoms with van der Waals surface area (Å²) in [7, 11) is 0. The smallest absolute Gasteiger partial charge is 0.00189 e. The predicted octanol–water partition coefficient (Wildman–Crippen LogP) is 8.04. The summed E-state index contributed by atoms with van der Waals surface area (Å²) in [4.78, 5) is 0. The Hall–Kier alpha value is -1.87. The molecule has 0 N–H and O–H groups in total. The van der Waals surface area contributed by atoms with Gasteiger partial charge in [0.05, 0.1) is 0 Å². The van der Waals surface area contributed by atoms with Gasteiger partial charge in [-0.3, -0.25) is 0 Å². The topological polar surface area (TPSA) is 0 Å². The third-order valence-electron chi connectivity index (χ3n) is 6.12. The first-order valence-electron chi connectivity index (χ1n) is 9.57. The van der Waals surface area contributed by atoms with Crippen LogP contribution in [-0.4, -0.2) is 0 Å². The second-order valence-electron chi connectivity index (χ2n) is 7.99. The quantitative estimate of drug-likeness (QED) is 0.403. The van der Waals surface area contributed by atoms with E-state index >= 15 is 0 Å². The summed E-state index contributed by atoms with van der Waals surface area (Å²) in [6.07, 6.45) is 12.0. The van der Waals surface area contributed by atoms with Crippen molar-refractivity contribution >= 4 is 40.3 Å². The molecule has 0 aliphatic heterocycles. The van der Waals surface area contributed by atoms with E-state index in [1.807, 2.05) is 6.08 Å². The lowest BCUT2D eigenvalue weighted by Gasteiger charge is -2.30. The second-order valence-corrected chi connectivity index (χ2v) is 9.37. The van der Waals surface area contributed by atoms with Crippen LogP contribution in [0.25, 0.3) is 28.9 Å². The van der Waals surface area contributed by atoms with Crippen LogP contribution in [0, 0.1) is 5.92 Å². The van der Waals surface area contributed by atoms with Gasteiger partial charge >= 0.3 is 0 Å². The van der Waals surface area contributed by atoms with E-state index < -0.39 is 0 Å². The van der Waals surface area contributed by atoms with Crippen molar-refractivity contribution < 1.29 is 0 Å². The largest absolute Gasteiger partial charge is 0.0984 e. The number of rotatable bonds is 3. The maximum atomic E-state index is 4.00. The molecule has 1 unspecified atom stereocenters. The Morgan fingerprint density at radius 1 is 1.11 bits per heavy atom. The van der Waals surface area contributed by atoms with Crippen LogP contribution in [0.1, 0.15) is 49.4 Å². The molecule has 0 nitrogen and oxygen atoms in total. The lowest BCUT2D eigenvalue weighted by molar-refractivity contribution is 0.414. The van der Waals surface area contributed by atoms with Crippen molar-refractivity contribution in [1.82, 2.24) is 0 Å². The summed E-state index contributed by atoms with van der Waals surface area (Å²) < 4.78 is 1.46. The molecule has 4 rings (SSSR count). The van der Waals surface area contributed by atoms with Gasteiger partial charge in [-0.25, -0.2) is 0 Å². The van der Waals surface area contributed by atoms with Crippen molar-refractivity contribution in [2.75, 3.05) is 0 Å². The van der Waals surface area contributed by atoms with Gasteiger partial charge in [-0.05, 0) is 95.9 Å². The number of fused-ring (bicyclic) bond motifs is 3. The summed E-state index contributed by atoms with van der Waals surface area (Å²) in [6.45, 7) is 10.9. The molecule has 0 radical (unpaired) electrons. The van der Waals surface area contributed by atoms with Crippen molar-refractivity contribution in [1.29, 1.82) is 0 Å². The Bertz CT molecular complexity index is 1010. The summed E-state index contributed by atoms with van der Waals surface area (Å²) in [6, 6.07) is 13.5. The van der Waals surface area contributed by atoms with Crippen molar-refractivity contribution in [2.24, 2.45) is 5.92 Å². The van der Waals surface area contributed by atoms with Gasteiger partial charge in [0.15, 0.2) is 0 Å². The number of allylic oxidation sites excluding steroid dienone is 5. The molecule has 0 fully saturated rings. The third-order valence-corrected chi connectivity index (χ3v) is 6.92.